The van der Waals surface area contributed by atoms with Gasteiger partial charge in [0, 0.05) is 41.2 Å². The lowest BCUT2D eigenvalue weighted by Gasteiger charge is -2.09. The molecule has 0 saturated heterocycles. The lowest BCUT2D eigenvalue weighted by atomic mass is 10.1. The molecule has 2 aromatic heterocycles. The summed E-state index contributed by atoms with van der Waals surface area (Å²) < 4.78 is 24.1. The van der Waals surface area contributed by atoms with Gasteiger partial charge in [0.05, 0.1) is 27.6 Å². The van der Waals surface area contributed by atoms with Gasteiger partial charge in [0.2, 0.25) is 0 Å². The van der Waals surface area contributed by atoms with Gasteiger partial charge in [-0.2, -0.15) is 9.46 Å². The van der Waals surface area contributed by atoms with Gasteiger partial charge in [-0.15, -0.1) is 0 Å². The first-order valence-corrected chi connectivity index (χ1v) is 14.2. The first-order chi connectivity index (χ1) is 19.7. The van der Waals surface area contributed by atoms with Crippen LogP contribution in [0.2, 0.25) is 0 Å². The quantitative estimate of drug-likeness (QED) is 0.263. The van der Waals surface area contributed by atoms with Crippen molar-refractivity contribution in [3.8, 4) is 11.8 Å². The molecule has 2 aromatic carbocycles. The van der Waals surface area contributed by atoms with Gasteiger partial charge in [-0.05, 0) is 56.3 Å². The first-order valence-electron chi connectivity index (χ1n) is 12.6. The number of nitrogens with zero attached hydrogens (tertiary/aromatic N) is 4. The number of carbonyl (C=O) groups is 3. The van der Waals surface area contributed by atoms with E-state index in [0.29, 0.717) is 22.5 Å². The molecular formula is C30H27N5O5S. The maximum atomic E-state index is 13.7. The van der Waals surface area contributed by atoms with Crippen LogP contribution in [0.1, 0.15) is 44.6 Å². The molecule has 4 rings (SSSR count). The van der Waals surface area contributed by atoms with Gasteiger partial charge in [0.25, 0.3) is 11.8 Å². The number of aromatic nitrogens is 3. The molecule has 2 heterocycles. The minimum atomic E-state index is -3.44. The van der Waals surface area contributed by atoms with Gasteiger partial charge >= 0.3 is 5.97 Å². The van der Waals surface area contributed by atoms with Crippen molar-refractivity contribution in [1.29, 1.82) is 0 Å². The molecule has 2 amide bonds. The van der Waals surface area contributed by atoms with Gasteiger partial charge in [0.15, 0.2) is 0 Å². The molecule has 11 heteroatoms. The van der Waals surface area contributed by atoms with Crippen LogP contribution in [0.4, 0.5) is 5.69 Å². The third-order valence-electron chi connectivity index (χ3n) is 5.65. The number of nitrogens with one attached hydrogen (secondary N) is 1. The van der Waals surface area contributed by atoms with Crippen molar-refractivity contribution in [1.82, 2.24) is 14.8 Å². The van der Waals surface area contributed by atoms with E-state index in [-0.39, 0.29) is 23.0 Å². The summed E-state index contributed by atoms with van der Waals surface area (Å²) in [7, 11) is -1.74. The average molecular weight is 570 g/mol. The standard InChI is InChI=1S/C30H27N5O5S/c1-4-40-28(36)20-41(39,26-11-6-5-7-12-26)34-29(37)24-16-23(18-31-19-24)14-13-22-9-8-10-25(17-22)32-30(38)27-15-21(2)33-35(27)3/h5-12,15-19H,4,20H2,1-3H3,(H,32,38)/t41-/m0/s1. The minimum Gasteiger partial charge on any atom is -0.465 e. The van der Waals surface area contributed by atoms with E-state index in [0.717, 1.165) is 5.69 Å². The number of ether oxygens (including phenoxy) is 1. The third kappa shape index (κ3) is 7.52. The van der Waals surface area contributed by atoms with Crippen LogP contribution >= 0.6 is 0 Å². The fourth-order valence-electron chi connectivity index (χ4n) is 3.81. The van der Waals surface area contributed by atoms with Crippen LogP contribution in [0.3, 0.4) is 0 Å². The number of carbonyl (C=O) groups excluding carboxylic acids is 3. The summed E-state index contributed by atoms with van der Waals surface area (Å²) in [5, 5.41) is 7.02. The Hall–Kier alpha value is -5.08. The van der Waals surface area contributed by atoms with Crippen molar-refractivity contribution in [2.75, 3.05) is 17.7 Å². The summed E-state index contributed by atoms with van der Waals surface area (Å²) in [5.41, 5.74) is 2.82. The Morgan fingerprint density at radius 1 is 1.00 bits per heavy atom. The molecule has 41 heavy (non-hydrogen) atoms. The Morgan fingerprint density at radius 2 is 1.76 bits per heavy atom. The number of amides is 2. The first kappa shape index (κ1) is 28.9. The van der Waals surface area contributed by atoms with Gasteiger partial charge in [-0.1, -0.05) is 36.1 Å². The summed E-state index contributed by atoms with van der Waals surface area (Å²) >= 11 is 0. The highest BCUT2D eigenvalue weighted by molar-refractivity contribution is 7.94. The van der Waals surface area contributed by atoms with Gasteiger partial charge in [0.1, 0.15) is 11.4 Å². The Labute approximate surface area is 238 Å². The second kappa shape index (κ2) is 12.8. The highest BCUT2D eigenvalue weighted by Gasteiger charge is 2.21. The number of pyridine rings is 1. The van der Waals surface area contributed by atoms with Crippen LogP contribution in [-0.2, 0) is 26.3 Å². The molecule has 0 aliphatic rings. The lowest BCUT2D eigenvalue weighted by Crippen LogP contribution is -2.20. The molecule has 0 fully saturated rings. The summed E-state index contributed by atoms with van der Waals surface area (Å²) in [4.78, 5) is 42.2. The molecule has 208 valence electrons. The van der Waals surface area contributed by atoms with E-state index in [9.17, 15) is 18.6 Å². The zero-order chi connectivity index (χ0) is 29.4. The Balaban J connectivity index is 1.56. The number of aryl methyl sites for hydroxylation is 2. The second-order valence-electron chi connectivity index (χ2n) is 8.84. The van der Waals surface area contributed by atoms with Crippen molar-refractivity contribution < 1.29 is 23.3 Å². The Bertz CT molecular complexity index is 1790. The van der Waals surface area contributed by atoms with Crippen molar-refractivity contribution in [2.24, 2.45) is 11.4 Å². The number of benzene rings is 2. The van der Waals surface area contributed by atoms with Gasteiger partial charge in [-0.25, -0.2) is 4.21 Å². The van der Waals surface area contributed by atoms with Crippen molar-refractivity contribution >= 4 is 33.2 Å². The molecular weight excluding hydrogens is 542 g/mol. The van der Waals surface area contributed by atoms with E-state index in [2.05, 4.69) is 31.6 Å². The topological polar surface area (TPSA) is 133 Å². The van der Waals surface area contributed by atoms with Crippen LogP contribution in [-0.4, -0.2) is 49.1 Å². The minimum absolute atomic E-state index is 0.0665. The predicted octanol–water partition coefficient (Wildman–Crippen LogP) is 4.01. The zero-order valence-corrected chi connectivity index (χ0v) is 23.5. The monoisotopic (exact) mass is 569 g/mol. The summed E-state index contributed by atoms with van der Waals surface area (Å²) in [6.45, 7) is 3.56. The molecule has 4 aromatic rings. The molecule has 0 radical (unpaired) electrons. The van der Waals surface area contributed by atoms with Crippen molar-refractivity contribution in [3.63, 3.8) is 0 Å². The Kier molecular flexibility index (Phi) is 9.06. The molecule has 0 unspecified atom stereocenters. The van der Waals surface area contributed by atoms with Crippen LogP contribution in [0.15, 0.2) is 88.4 Å². The fraction of sp³-hybridized carbons (Fsp3) is 0.167. The van der Waals surface area contributed by atoms with E-state index < -0.39 is 27.4 Å². The largest absolute Gasteiger partial charge is 0.465 e. The number of hydrogen-bond donors (Lipinski definition) is 1. The van der Waals surface area contributed by atoms with E-state index >= 15 is 0 Å². The summed E-state index contributed by atoms with van der Waals surface area (Å²) in [6.07, 6.45) is 2.77. The highest BCUT2D eigenvalue weighted by Crippen LogP contribution is 2.17. The van der Waals surface area contributed by atoms with Gasteiger partial charge < -0.3 is 10.1 Å². The molecule has 0 aliphatic carbocycles. The molecule has 1 atom stereocenters. The van der Waals surface area contributed by atoms with Crippen molar-refractivity contribution in [2.45, 2.75) is 18.7 Å². The molecule has 0 saturated carbocycles. The molecule has 0 spiro atoms. The third-order valence-corrected chi connectivity index (χ3v) is 7.75. The van der Waals surface area contributed by atoms with Gasteiger partial charge in [-0.3, -0.25) is 24.0 Å². The van der Waals surface area contributed by atoms with E-state index in [1.54, 1.807) is 74.6 Å². The summed E-state index contributed by atoms with van der Waals surface area (Å²) in [5.74, 6) is 3.56. The molecule has 0 bridgehead atoms. The van der Waals surface area contributed by atoms with E-state index in [4.69, 9.17) is 4.74 Å². The van der Waals surface area contributed by atoms with E-state index in [1.165, 1.54) is 23.1 Å². The fourth-order valence-corrected chi connectivity index (χ4v) is 5.51. The maximum Gasteiger partial charge on any atom is 0.319 e. The average Bonchev–Trinajstić information content (AvgIpc) is 3.30. The number of rotatable bonds is 7. The lowest BCUT2D eigenvalue weighted by molar-refractivity contribution is -0.139. The van der Waals surface area contributed by atoms with Crippen LogP contribution in [0.25, 0.3) is 0 Å². The van der Waals surface area contributed by atoms with Crippen LogP contribution in [0, 0.1) is 18.8 Å². The predicted molar refractivity (Wildman–Crippen MR) is 154 cm³/mol. The smallest absolute Gasteiger partial charge is 0.319 e. The number of anilines is 1. The Morgan fingerprint density at radius 3 is 2.46 bits per heavy atom. The molecule has 10 nitrogen and oxygen atoms in total. The molecule has 1 N–H and O–H groups in total. The van der Waals surface area contributed by atoms with Crippen molar-refractivity contribution in [3.05, 3.63) is 107 Å². The normalized spacial score (nSPS) is 11.9. The SMILES string of the molecule is CCOC(=O)C[S@@](=O)(=NC(=O)c1cncc(C#Cc2cccc(NC(=O)c3cc(C)nn3C)c2)c1)c1ccccc1. The zero-order valence-electron chi connectivity index (χ0n) is 22.7. The number of esters is 1. The van der Waals surface area contributed by atoms with E-state index in [1.807, 2.05) is 6.92 Å². The molecule has 0 aliphatic heterocycles. The summed E-state index contributed by atoms with van der Waals surface area (Å²) in [6, 6.07) is 18.3. The highest BCUT2D eigenvalue weighted by atomic mass is 32.2. The second-order valence-corrected chi connectivity index (χ2v) is 11.1. The number of hydrogen-bond acceptors (Lipinski definition) is 7. The van der Waals surface area contributed by atoms with Crippen LogP contribution < -0.4 is 5.32 Å². The van der Waals surface area contributed by atoms with Crippen LogP contribution in [0.5, 0.6) is 0 Å². The maximum absolute atomic E-state index is 13.7.